The van der Waals surface area contributed by atoms with E-state index in [9.17, 15) is 0 Å². The molecule has 3 rings (SSSR count). The van der Waals surface area contributed by atoms with Gasteiger partial charge in [0, 0.05) is 23.7 Å². The van der Waals surface area contributed by atoms with E-state index in [1.807, 2.05) is 48.7 Å². The number of hydrogen-bond donors (Lipinski definition) is 0. The summed E-state index contributed by atoms with van der Waals surface area (Å²) >= 11 is 0. The Balaban J connectivity index is 2.08. The van der Waals surface area contributed by atoms with Crippen LogP contribution in [0.15, 0.2) is 48.7 Å². The van der Waals surface area contributed by atoms with E-state index in [1.165, 1.54) is 0 Å². The van der Waals surface area contributed by atoms with Crippen LogP contribution in [0.25, 0.3) is 22.9 Å². The third kappa shape index (κ3) is 3.04. The molecule has 1 aromatic heterocycles. The van der Waals surface area contributed by atoms with Crippen LogP contribution in [0.2, 0.25) is 0 Å². The fourth-order valence-electron chi connectivity index (χ4n) is 2.63. The molecule has 3 aromatic rings. The second kappa shape index (κ2) is 7.04. The fourth-order valence-corrected chi connectivity index (χ4v) is 2.63. The first kappa shape index (κ1) is 15.9. The van der Waals surface area contributed by atoms with Crippen molar-refractivity contribution < 1.29 is 14.2 Å². The second-order valence-electron chi connectivity index (χ2n) is 5.20. The number of ether oxygens (including phenoxy) is 3. The lowest BCUT2D eigenvalue weighted by Crippen LogP contribution is -1.94. The SMILES string of the molecule is COc1cc(OC)c(C=Cc2nccc3ccccc23)c(OC)c1. The van der Waals surface area contributed by atoms with E-state index in [2.05, 4.69) is 17.1 Å². The maximum atomic E-state index is 5.47. The number of benzene rings is 2. The number of nitrogens with zero attached hydrogens (tertiary/aromatic N) is 1. The molecule has 0 aliphatic rings. The molecule has 0 bridgehead atoms. The van der Waals surface area contributed by atoms with Gasteiger partial charge >= 0.3 is 0 Å². The van der Waals surface area contributed by atoms with Gasteiger partial charge in [0.25, 0.3) is 0 Å². The summed E-state index contributed by atoms with van der Waals surface area (Å²) in [6.45, 7) is 0. The average Bonchev–Trinajstić information content (AvgIpc) is 2.65. The molecule has 0 aliphatic heterocycles. The summed E-state index contributed by atoms with van der Waals surface area (Å²) in [5.74, 6) is 2.05. The van der Waals surface area contributed by atoms with E-state index in [4.69, 9.17) is 14.2 Å². The van der Waals surface area contributed by atoms with Gasteiger partial charge in [-0.2, -0.15) is 0 Å². The number of pyridine rings is 1. The first-order chi connectivity index (χ1) is 11.8. The van der Waals surface area contributed by atoms with Gasteiger partial charge in [-0.1, -0.05) is 24.3 Å². The van der Waals surface area contributed by atoms with Gasteiger partial charge in [-0.05, 0) is 23.6 Å². The lowest BCUT2D eigenvalue weighted by atomic mass is 10.1. The maximum absolute atomic E-state index is 5.47. The monoisotopic (exact) mass is 321 g/mol. The lowest BCUT2D eigenvalue weighted by molar-refractivity contribution is 0.374. The van der Waals surface area contributed by atoms with Crippen molar-refractivity contribution in [3.63, 3.8) is 0 Å². The van der Waals surface area contributed by atoms with Crippen LogP contribution in [0.1, 0.15) is 11.3 Å². The molecule has 0 spiro atoms. The van der Waals surface area contributed by atoms with Crippen LogP contribution in [0.5, 0.6) is 17.2 Å². The summed E-state index contributed by atoms with van der Waals surface area (Å²) in [5.41, 5.74) is 1.74. The third-order valence-electron chi connectivity index (χ3n) is 3.87. The van der Waals surface area contributed by atoms with Gasteiger partial charge < -0.3 is 14.2 Å². The van der Waals surface area contributed by atoms with Crippen molar-refractivity contribution in [1.29, 1.82) is 0 Å². The van der Waals surface area contributed by atoms with Crippen molar-refractivity contribution in [3.8, 4) is 17.2 Å². The molecule has 122 valence electrons. The molecule has 0 amide bonds. The predicted molar refractivity (Wildman–Crippen MR) is 96.8 cm³/mol. The zero-order valence-corrected chi connectivity index (χ0v) is 13.9. The van der Waals surface area contributed by atoms with E-state index < -0.39 is 0 Å². The van der Waals surface area contributed by atoms with E-state index in [0.717, 1.165) is 22.0 Å². The summed E-state index contributed by atoms with van der Waals surface area (Å²) in [4.78, 5) is 4.47. The van der Waals surface area contributed by atoms with Crippen molar-refractivity contribution >= 4 is 22.9 Å². The van der Waals surface area contributed by atoms with Crippen LogP contribution in [0.4, 0.5) is 0 Å². The molecule has 0 fully saturated rings. The van der Waals surface area contributed by atoms with Crippen LogP contribution in [-0.4, -0.2) is 26.3 Å². The Morgan fingerprint density at radius 1 is 0.833 bits per heavy atom. The van der Waals surface area contributed by atoms with Crippen molar-refractivity contribution in [1.82, 2.24) is 4.98 Å². The summed E-state index contributed by atoms with van der Waals surface area (Å²) < 4.78 is 16.2. The molecule has 4 nitrogen and oxygen atoms in total. The molecular formula is C20H19NO3. The Morgan fingerprint density at radius 2 is 1.54 bits per heavy atom. The van der Waals surface area contributed by atoms with Crippen molar-refractivity contribution in [2.75, 3.05) is 21.3 Å². The van der Waals surface area contributed by atoms with Gasteiger partial charge in [0.05, 0.1) is 32.6 Å². The zero-order chi connectivity index (χ0) is 16.9. The number of hydrogen-bond acceptors (Lipinski definition) is 4. The highest BCUT2D eigenvalue weighted by Gasteiger charge is 2.11. The smallest absolute Gasteiger partial charge is 0.133 e. The number of rotatable bonds is 5. The van der Waals surface area contributed by atoms with Gasteiger partial charge in [-0.25, -0.2) is 0 Å². The molecule has 4 heteroatoms. The maximum Gasteiger partial charge on any atom is 0.133 e. The number of aromatic nitrogens is 1. The molecule has 0 N–H and O–H groups in total. The fraction of sp³-hybridized carbons (Fsp3) is 0.150. The highest BCUT2D eigenvalue weighted by atomic mass is 16.5. The minimum Gasteiger partial charge on any atom is -0.496 e. The minimum absolute atomic E-state index is 0.683. The van der Waals surface area contributed by atoms with E-state index in [-0.39, 0.29) is 0 Å². The van der Waals surface area contributed by atoms with E-state index in [0.29, 0.717) is 17.2 Å². The van der Waals surface area contributed by atoms with Crippen LogP contribution < -0.4 is 14.2 Å². The molecular weight excluding hydrogens is 302 g/mol. The molecule has 1 heterocycles. The highest BCUT2D eigenvalue weighted by Crippen LogP contribution is 2.35. The Morgan fingerprint density at radius 3 is 2.21 bits per heavy atom. The van der Waals surface area contributed by atoms with Crippen LogP contribution in [0.3, 0.4) is 0 Å². The van der Waals surface area contributed by atoms with Crippen LogP contribution in [-0.2, 0) is 0 Å². The topological polar surface area (TPSA) is 40.6 Å². The largest absolute Gasteiger partial charge is 0.496 e. The molecule has 0 aliphatic carbocycles. The molecule has 2 aromatic carbocycles. The lowest BCUT2D eigenvalue weighted by Gasteiger charge is -2.12. The van der Waals surface area contributed by atoms with Crippen LogP contribution >= 0.6 is 0 Å². The van der Waals surface area contributed by atoms with Gasteiger partial charge in [0.1, 0.15) is 17.2 Å². The Bertz CT molecular complexity index is 857. The summed E-state index contributed by atoms with van der Waals surface area (Å²) in [6.07, 6.45) is 5.73. The predicted octanol–water partition coefficient (Wildman–Crippen LogP) is 4.43. The highest BCUT2D eigenvalue weighted by molar-refractivity contribution is 5.91. The molecule has 0 saturated heterocycles. The molecule has 0 radical (unpaired) electrons. The summed E-state index contributed by atoms with van der Waals surface area (Å²) in [7, 11) is 4.87. The first-order valence-corrected chi connectivity index (χ1v) is 7.58. The minimum atomic E-state index is 0.683. The van der Waals surface area contributed by atoms with Gasteiger partial charge in [-0.15, -0.1) is 0 Å². The molecule has 0 unspecified atom stereocenters. The summed E-state index contributed by atoms with van der Waals surface area (Å²) in [5, 5.41) is 2.25. The van der Waals surface area contributed by atoms with E-state index in [1.54, 1.807) is 21.3 Å². The second-order valence-corrected chi connectivity index (χ2v) is 5.20. The van der Waals surface area contributed by atoms with Crippen molar-refractivity contribution in [2.45, 2.75) is 0 Å². The standard InChI is InChI=1S/C20H19NO3/c1-22-15-12-19(23-2)17(20(13-15)24-3)8-9-18-16-7-5-4-6-14(16)10-11-21-18/h4-13H,1-3H3. The number of fused-ring (bicyclic) bond motifs is 1. The normalized spacial score (nSPS) is 11.0. The molecule has 0 saturated carbocycles. The van der Waals surface area contributed by atoms with Crippen LogP contribution in [0, 0.1) is 0 Å². The Labute approximate surface area is 141 Å². The first-order valence-electron chi connectivity index (χ1n) is 7.58. The Hall–Kier alpha value is -3.01. The van der Waals surface area contributed by atoms with Gasteiger partial charge in [0.15, 0.2) is 0 Å². The van der Waals surface area contributed by atoms with Crippen molar-refractivity contribution in [3.05, 3.63) is 59.9 Å². The van der Waals surface area contributed by atoms with Gasteiger partial charge in [-0.3, -0.25) is 4.98 Å². The Kier molecular flexibility index (Phi) is 4.66. The zero-order valence-electron chi connectivity index (χ0n) is 13.9. The quantitative estimate of drug-likeness (QED) is 0.697. The molecule has 0 atom stereocenters. The van der Waals surface area contributed by atoms with Gasteiger partial charge in [0.2, 0.25) is 0 Å². The van der Waals surface area contributed by atoms with E-state index >= 15 is 0 Å². The third-order valence-corrected chi connectivity index (χ3v) is 3.87. The van der Waals surface area contributed by atoms with Crippen molar-refractivity contribution in [2.24, 2.45) is 0 Å². The average molecular weight is 321 g/mol. The summed E-state index contributed by atoms with van der Waals surface area (Å²) in [6, 6.07) is 13.8. The molecule has 24 heavy (non-hydrogen) atoms. The number of methoxy groups -OCH3 is 3.